The smallest absolute Gasteiger partial charge is 0.261 e. The van der Waals surface area contributed by atoms with Crippen molar-refractivity contribution in [3.8, 4) is 5.75 Å². The van der Waals surface area contributed by atoms with Gasteiger partial charge in [-0.25, -0.2) is 4.98 Å². The Balaban J connectivity index is 1.74. The van der Waals surface area contributed by atoms with Gasteiger partial charge in [0.1, 0.15) is 18.5 Å². The number of rotatable bonds is 5. The summed E-state index contributed by atoms with van der Waals surface area (Å²) in [5.74, 6) is 0.629. The molecule has 1 heterocycles. The van der Waals surface area contributed by atoms with Gasteiger partial charge in [0.05, 0.1) is 28.8 Å². The van der Waals surface area contributed by atoms with Gasteiger partial charge in [-0.3, -0.25) is 9.36 Å². The van der Waals surface area contributed by atoms with Gasteiger partial charge in [0.2, 0.25) is 0 Å². The number of halogens is 3. The van der Waals surface area contributed by atoms with Crippen LogP contribution in [-0.4, -0.2) is 27.4 Å². The number of aliphatic hydroxyl groups excluding tert-OH is 1. The zero-order chi connectivity index (χ0) is 18.0. The highest BCUT2D eigenvalue weighted by molar-refractivity contribution is 9.10. The number of hydrogen-bond donors (Lipinski definition) is 1. The lowest BCUT2D eigenvalue weighted by molar-refractivity contribution is 0.0915. The zero-order valence-corrected chi connectivity index (χ0v) is 15.9. The maximum Gasteiger partial charge on any atom is 0.261 e. The van der Waals surface area contributed by atoms with Gasteiger partial charge in [-0.1, -0.05) is 39.1 Å². The first-order valence-corrected chi connectivity index (χ1v) is 8.89. The number of aromatic nitrogens is 2. The lowest BCUT2D eigenvalue weighted by Gasteiger charge is -2.14. The monoisotopic (exact) mass is 442 g/mol. The van der Waals surface area contributed by atoms with E-state index in [1.54, 1.807) is 12.1 Å². The van der Waals surface area contributed by atoms with Gasteiger partial charge in [-0.05, 0) is 36.4 Å². The molecule has 8 heteroatoms. The maximum atomic E-state index is 12.5. The van der Waals surface area contributed by atoms with Gasteiger partial charge >= 0.3 is 0 Å². The number of aliphatic hydroxyl groups is 1. The third-order valence-corrected chi connectivity index (χ3v) is 4.54. The van der Waals surface area contributed by atoms with E-state index < -0.39 is 6.10 Å². The van der Waals surface area contributed by atoms with E-state index in [0.29, 0.717) is 26.7 Å². The molecule has 0 aliphatic rings. The molecule has 25 heavy (non-hydrogen) atoms. The predicted octanol–water partition coefficient (Wildman–Crippen LogP) is 3.91. The Labute approximate surface area is 161 Å². The average Bonchev–Trinajstić information content (AvgIpc) is 2.57. The van der Waals surface area contributed by atoms with Crippen molar-refractivity contribution >= 4 is 50.0 Å². The summed E-state index contributed by atoms with van der Waals surface area (Å²) in [6.07, 6.45) is 0.475. The summed E-state index contributed by atoms with van der Waals surface area (Å²) in [4.78, 5) is 16.7. The Morgan fingerprint density at radius 2 is 1.96 bits per heavy atom. The highest BCUT2D eigenvalue weighted by Gasteiger charge is 2.12. The number of nitrogens with zero attached hydrogens (tertiary/aromatic N) is 2. The van der Waals surface area contributed by atoms with Gasteiger partial charge in [-0.15, -0.1) is 0 Å². The highest BCUT2D eigenvalue weighted by atomic mass is 79.9. The second-order valence-electron chi connectivity index (χ2n) is 5.40. The fraction of sp³-hybridized carbons (Fsp3) is 0.176. The Kier molecular flexibility index (Phi) is 5.64. The molecular formula is C17H13BrCl2N2O3. The predicted molar refractivity (Wildman–Crippen MR) is 102 cm³/mol. The minimum atomic E-state index is -0.879. The summed E-state index contributed by atoms with van der Waals surface area (Å²) in [7, 11) is 0. The van der Waals surface area contributed by atoms with Crippen molar-refractivity contribution in [1.82, 2.24) is 9.55 Å². The first-order valence-electron chi connectivity index (χ1n) is 7.34. The topological polar surface area (TPSA) is 64.4 Å². The van der Waals surface area contributed by atoms with E-state index in [4.69, 9.17) is 27.9 Å². The minimum Gasteiger partial charge on any atom is -0.491 e. The molecule has 3 rings (SSSR count). The largest absolute Gasteiger partial charge is 0.491 e. The van der Waals surface area contributed by atoms with E-state index in [9.17, 15) is 9.90 Å². The van der Waals surface area contributed by atoms with Crippen LogP contribution in [-0.2, 0) is 6.54 Å². The maximum absolute atomic E-state index is 12.5. The first-order chi connectivity index (χ1) is 11.9. The summed E-state index contributed by atoms with van der Waals surface area (Å²) < 4.78 is 7.76. The van der Waals surface area contributed by atoms with E-state index in [1.165, 1.54) is 23.0 Å². The van der Waals surface area contributed by atoms with Crippen LogP contribution in [0.3, 0.4) is 0 Å². The van der Waals surface area contributed by atoms with Gasteiger partial charge in [-0.2, -0.15) is 0 Å². The molecule has 0 radical (unpaired) electrons. The summed E-state index contributed by atoms with van der Waals surface area (Å²) in [5.41, 5.74) is 0.0602. The quantitative estimate of drug-likeness (QED) is 0.649. The Bertz CT molecular complexity index is 961. The van der Waals surface area contributed by atoms with Crippen molar-refractivity contribution in [2.24, 2.45) is 0 Å². The van der Waals surface area contributed by atoms with Crippen LogP contribution in [0, 0.1) is 0 Å². The summed E-state index contributed by atoms with van der Waals surface area (Å²) in [6, 6.07) is 10.3. The number of hydrogen-bond acceptors (Lipinski definition) is 4. The molecule has 2 aromatic carbocycles. The van der Waals surface area contributed by atoms with Crippen LogP contribution in [0.5, 0.6) is 5.75 Å². The molecule has 1 atom stereocenters. The normalized spacial score (nSPS) is 12.3. The molecule has 1 aromatic heterocycles. The molecule has 0 unspecified atom stereocenters. The molecule has 0 fully saturated rings. The average molecular weight is 444 g/mol. The van der Waals surface area contributed by atoms with E-state index in [-0.39, 0.29) is 18.7 Å². The Morgan fingerprint density at radius 3 is 2.68 bits per heavy atom. The molecule has 0 aliphatic carbocycles. The van der Waals surface area contributed by atoms with Crippen LogP contribution >= 0.6 is 39.1 Å². The summed E-state index contributed by atoms with van der Waals surface area (Å²) in [6.45, 7) is 0.0881. The van der Waals surface area contributed by atoms with Gasteiger partial charge in [0.25, 0.3) is 5.56 Å². The van der Waals surface area contributed by atoms with Crippen molar-refractivity contribution in [3.05, 3.63) is 67.6 Å². The fourth-order valence-electron chi connectivity index (χ4n) is 2.33. The molecule has 0 amide bonds. The highest BCUT2D eigenvalue weighted by Crippen LogP contribution is 2.24. The van der Waals surface area contributed by atoms with Crippen molar-refractivity contribution < 1.29 is 9.84 Å². The molecule has 1 N–H and O–H groups in total. The van der Waals surface area contributed by atoms with Crippen LogP contribution < -0.4 is 10.3 Å². The van der Waals surface area contributed by atoms with Gasteiger partial charge in [0, 0.05) is 9.50 Å². The Morgan fingerprint density at radius 1 is 1.24 bits per heavy atom. The second-order valence-corrected chi connectivity index (χ2v) is 7.16. The van der Waals surface area contributed by atoms with Crippen molar-refractivity contribution in [3.63, 3.8) is 0 Å². The standard InChI is InChI=1S/C17H13BrCl2N2O3/c18-10-1-3-13(4-2-10)25-8-12(23)7-22-9-21-16-14(17(22)24)5-11(19)6-15(16)20/h1-6,9,12,23H,7-8H2/t12-/m1/s1. The lowest BCUT2D eigenvalue weighted by Crippen LogP contribution is -2.30. The second kappa shape index (κ2) is 7.74. The van der Waals surface area contributed by atoms with Crippen molar-refractivity contribution in [2.45, 2.75) is 12.6 Å². The lowest BCUT2D eigenvalue weighted by atomic mass is 10.2. The summed E-state index contributed by atoms with van der Waals surface area (Å²) >= 11 is 15.3. The van der Waals surface area contributed by atoms with E-state index >= 15 is 0 Å². The first kappa shape index (κ1) is 18.2. The Hall–Kier alpha value is -1.60. The van der Waals surface area contributed by atoms with Crippen LogP contribution in [0.25, 0.3) is 10.9 Å². The van der Waals surface area contributed by atoms with E-state index in [0.717, 1.165) is 4.47 Å². The third kappa shape index (κ3) is 4.33. The molecule has 130 valence electrons. The van der Waals surface area contributed by atoms with Crippen molar-refractivity contribution in [1.29, 1.82) is 0 Å². The molecule has 5 nitrogen and oxygen atoms in total. The van der Waals surface area contributed by atoms with Crippen LogP contribution in [0.2, 0.25) is 10.0 Å². The minimum absolute atomic E-state index is 0.0441. The molecule has 0 aliphatic heterocycles. The molecule has 0 saturated carbocycles. The molecular weight excluding hydrogens is 431 g/mol. The van der Waals surface area contributed by atoms with Crippen LogP contribution in [0.4, 0.5) is 0 Å². The van der Waals surface area contributed by atoms with Crippen LogP contribution in [0.15, 0.2) is 52.0 Å². The van der Waals surface area contributed by atoms with Gasteiger partial charge in [0.15, 0.2) is 0 Å². The van der Waals surface area contributed by atoms with E-state index in [1.807, 2.05) is 12.1 Å². The SMILES string of the molecule is O=c1c2cc(Cl)cc(Cl)c2ncn1C[C@@H](O)COc1ccc(Br)cc1. The molecule has 0 bridgehead atoms. The molecule has 3 aromatic rings. The van der Waals surface area contributed by atoms with Gasteiger partial charge < -0.3 is 9.84 Å². The third-order valence-electron chi connectivity index (χ3n) is 3.51. The van der Waals surface area contributed by atoms with E-state index in [2.05, 4.69) is 20.9 Å². The number of ether oxygens (including phenoxy) is 1. The summed E-state index contributed by atoms with van der Waals surface area (Å²) in [5, 5.41) is 11.1. The number of benzene rings is 2. The zero-order valence-electron chi connectivity index (χ0n) is 12.8. The number of fused-ring (bicyclic) bond motifs is 1. The fourth-order valence-corrected chi connectivity index (χ4v) is 3.13. The van der Waals surface area contributed by atoms with Crippen molar-refractivity contribution in [2.75, 3.05) is 6.61 Å². The molecule has 0 saturated heterocycles. The molecule has 0 spiro atoms. The van der Waals surface area contributed by atoms with Crippen LogP contribution in [0.1, 0.15) is 0 Å².